The van der Waals surface area contributed by atoms with Crippen LogP contribution in [0.5, 0.6) is 0 Å². The predicted octanol–water partition coefficient (Wildman–Crippen LogP) is 2.06. The maximum Gasteiger partial charge on any atom is 0.119 e. The maximum absolute atomic E-state index is 8.68. The fraction of sp³-hybridized carbons (Fsp3) is 1.00. The lowest BCUT2D eigenvalue weighted by atomic mass is 10.1. The Morgan fingerprint density at radius 1 is 1.50 bits per heavy atom. The first kappa shape index (κ1) is 12.5. The minimum Gasteiger partial charge on any atom is -0.395 e. The molecule has 0 rings (SSSR count). The van der Waals surface area contributed by atoms with Gasteiger partial charge in [-0.1, -0.05) is 19.8 Å². The summed E-state index contributed by atoms with van der Waals surface area (Å²) in [5.41, 5.74) is 5.51. The van der Waals surface area contributed by atoms with E-state index in [1.807, 2.05) is 0 Å². The summed E-state index contributed by atoms with van der Waals surface area (Å²) >= 11 is 11.9. The largest absolute Gasteiger partial charge is 0.395 e. The van der Waals surface area contributed by atoms with Gasteiger partial charge in [0, 0.05) is 6.04 Å². The molecule has 0 spiro atoms. The number of hydrogen-bond donors (Lipinski definition) is 2. The van der Waals surface area contributed by atoms with Crippen molar-refractivity contribution < 1.29 is 5.11 Å². The van der Waals surface area contributed by atoms with Crippen LogP contribution in [0.4, 0.5) is 0 Å². The third kappa shape index (κ3) is 6.06. The van der Waals surface area contributed by atoms with E-state index in [9.17, 15) is 0 Å². The SMILES string of the molecule is CCCCC(Cl)(Cl)CC(N)CO. The molecule has 0 bridgehead atoms. The molecular weight excluding hydrogens is 197 g/mol. The van der Waals surface area contributed by atoms with Gasteiger partial charge in [0.25, 0.3) is 0 Å². The first-order valence-corrected chi connectivity index (χ1v) is 5.01. The molecule has 0 aromatic carbocycles. The average Bonchev–Trinajstić information content (AvgIpc) is 2.00. The minimum absolute atomic E-state index is 0.0622. The third-order valence-corrected chi connectivity index (χ3v) is 2.38. The number of rotatable bonds is 6. The normalized spacial score (nSPS) is 14.8. The van der Waals surface area contributed by atoms with E-state index in [4.69, 9.17) is 34.0 Å². The summed E-state index contributed by atoms with van der Waals surface area (Å²) in [4.78, 5) is 0. The Labute approximate surface area is 84.0 Å². The van der Waals surface area contributed by atoms with Crippen LogP contribution in [0.2, 0.25) is 0 Å². The molecule has 12 heavy (non-hydrogen) atoms. The van der Waals surface area contributed by atoms with Gasteiger partial charge in [-0.2, -0.15) is 0 Å². The molecule has 1 unspecified atom stereocenters. The summed E-state index contributed by atoms with van der Waals surface area (Å²) in [7, 11) is 0. The number of nitrogens with two attached hydrogens (primary N) is 1. The topological polar surface area (TPSA) is 46.2 Å². The third-order valence-electron chi connectivity index (χ3n) is 1.69. The molecule has 0 aliphatic carbocycles. The molecule has 1 atom stereocenters. The number of hydrogen-bond acceptors (Lipinski definition) is 2. The van der Waals surface area contributed by atoms with E-state index < -0.39 is 4.33 Å². The van der Waals surface area contributed by atoms with Gasteiger partial charge in [-0.15, -0.1) is 23.2 Å². The Hall–Kier alpha value is 0.500. The van der Waals surface area contributed by atoms with Crippen molar-refractivity contribution in [1.82, 2.24) is 0 Å². The van der Waals surface area contributed by atoms with Crippen molar-refractivity contribution in [2.24, 2.45) is 5.73 Å². The summed E-state index contributed by atoms with van der Waals surface area (Å²) in [6, 6.07) is -0.308. The van der Waals surface area contributed by atoms with E-state index in [2.05, 4.69) is 6.92 Å². The van der Waals surface area contributed by atoms with Crippen LogP contribution in [0.15, 0.2) is 0 Å². The van der Waals surface area contributed by atoms with Crippen molar-refractivity contribution in [3.05, 3.63) is 0 Å². The highest BCUT2D eigenvalue weighted by Gasteiger charge is 2.25. The van der Waals surface area contributed by atoms with Crippen molar-refractivity contribution >= 4 is 23.2 Å². The molecule has 3 N–H and O–H groups in total. The summed E-state index contributed by atoms with van der Waals surface area (Å²) in [5, 5.41) is 8.68. The molecule has 0 saturated heterocycles. The second-order valence-corrected chi connectivity index (χ2v) is 4.75. The zero-order chi connectivity index (χ0) is 9.61. The van der Waals surface area contributed by atoms with E-state index in [-0.39, 0.29) is 12.6 Å². The minimum atomic E-state index is -0.766. The second-order valence-electron chi connectivity index (χ2n) is 3.11. The summed E-state index contributed by atoms with van der Waals surface area (Å²) in [5.74, 6) is 0. The van der Waals surface area contributed by atoms with Crippen LogP contribution >= 0.6 is 23.2 Å². The first-order valence-electron chi connectivity index (χ1n) is 4.26. The van der Waals surface area contributed by atoms with E-state index in [1.54, 1.807) is 0 Å². The molecule has 2 nitrogen and oxygen atoms in total. The monoisotopic (exact) mass is 213 g/mol. The van der Waals surface area contributed by atoms with Gasteiger partial charge in [0.05, 0.1) is 6.61 Å². The van der Waals surface area contributed by atoms with E-state index in [0.717, 1.165) is 19.3 Å². The van der Waals surface area contributed by atoms with Gasteiger partial charge in [-0.05, 0) is 12.8 Å². The Bertz CT molecular complexity index is 120. The summed E-state index contributed by atoms with van der Waals surface area (Å²) < 4.78 is -0.766. The Kier molecular flexibility index (Phi) is 6.28. The van der Waals surface area contributed by atoms with Crippen LogP contribution in [0.1, 0.15) is 32.6 Å². The van der Waals surface area contributed by atoms with E-state index in [1.165, 1.54) is 0 Å². The summed E-state index contributed by atoms with van der Waals surface area (Å²) in [6.45, 7) is 2.02. The van der Waals surface area contributed by atoms with Gasteiger partial charge in [-0.3, -0.25) is 0 Å². The average molecular weight is 214 g/mol. The Balaban J connectivity index is 3.69. The second kappa shape index (κ2) is 6.03. The highest BCUT2D eigenvalue weighted by atomic mass is 35.5. The molecule has 0 radical (unpaired) electrons. The van der Waals surface area contributed by atoms with Crippen LogP contribution in [0, 0.1) is 0 Å². The van der Waals surface area contributed by atoms with Gasteiger partial charge in [-0.25, -0.2) is 0 Å². The fourth-order valence-corrected chi connectivity index (χ4v) is 1.65. The van der Waals surface area contributed by atoms with Crippen LogP contribution in [0.25, 0.3) is 0 Å². The molecule has 0 fully saturated rings. The first-order chi connectivity index (χ1) is 5.52. The molecule has 0 aromatic heterocycles. The van der Waals surface area contributed by atoms with Crippen LogP contribution in [-0.4, -0.2) is 22.1 Å². The molecule has 0 aliphatic rings. The highest BCUT2D eigenvalue weighted by Crippen LogP contribution is 2.31. The zero-order valence-corrected chi connectivity index (χ0v) is 8.91. The van der Waals surface area contributed by atoms with Crippen LogP contribution in [0.3, 0.4) is 0 Å². The van der Waals surface area contributed by atoms with Crippen LogP contribution < -0.4 is 5.73 Å². The van der Waals surface area contributed by atoms with Crippen molar-refractivity contribution in [1.29, 1.82) is 0 Å². The maximum atomic E-state index is 8.68. The lowest BCUT2D eigenvalue weighted by Gasteiger charge is -2.21. The standard InChI is InChI=1S/C8H17Cl2NO/c1-2-3-4-8(9,10)5-7(11)6-12/h7,12H,2-6,11H2,1H3. The highest BCUT2D eigenvalue weighted by molar-refractivity contribution is 6.48. The Morgan fingerprint density at radius 3 is 2.50 bits per heavy atom. The van der Waals surface area contributed by atoms with E-state index >= 15 is 0 Å². The van der Waals surface area contributed by atoms with E-state index in [0.29, 0.717) is 6.42 Å². The van der Waals surface area contributed by atoms with Gasteiger partial charge in [0.15, 0.2) is 0 Å². The van der Waals surface area contributed by atoms with Crippen molar-refractivity contribution in [3.63, 3.8) is 0 Å². The summed E-state index contributed by atoms with van der Waals surface area (Å²) in [6.07, 6.45) is 3.24. The van der Waals surface area contributed by atoms with Gasteiger partial charge >= 0.3 is 0 Å². The Morgan fingerprint density at radius 2 is 2.08 bits per heavy atom. The molecule has 0 saturated carbocycles. The quantitative estimate of drug-likeness (QED) is 0.665. The molecule has 0 heterocycles. The molecule has 0 aromatic rings. The molecule has 0 amide bonds. The van der Waals surface area contributed by atoms with Gasteiger partial charge in [0.1, 0.15) is 4.33 Å². The lowest BCUT2D eigenvalue weighted by molar-refractivity contribution is 0.255. The number of halogens is 2. The van der Waals surface area contributed by atoms with Gasteiger partial charge < -0.3 is 10.8 Å². The van der Waals surface area contributed by atoms with Crippen molar-refractivity contribution in [3.8, 4) is 0 Å². The van der Waals surface area contributed by atoms with Crippen molar-refractivity contribution in [2.45, 2.75) is 43.0 Å². The smallest absolute Gasteiger partial charge is 0.119 e. The zero-order valence-electron chi connectivity index (χ0n) is 7.39. The van der Waals surface area contributed by atoms with Gasteiger partial charge in [0.2, 0.25) is 0 Å². The molecule has 74 valence electrons. The lowest BCUT2D eigenvalue weighted by Crippen LogP contribution is -2.31. The number of alkyl halides is 2. The predicted molar refractivity (Wildman–Crippen MR) is 53.6 cm³/mol. The molecule has 4 heteroatoms. The number of aliphatic hydroxyl groups is 1. The van der Waals surface area contributed by atoms with Crippen molar-refractivity contribution in [2.75, 3.05) is 6.61 Å². The number of unbranched alkanes of at least 4 members (excludes halogenated alkanes) is 1. The molecule has 0 aliphatic heterocycles. The molecular formula is C8H17Cl2NO. The van der Waals surface area contributed by atoms with Crippen LogP contribution in [-0.2, 0) is 0 Å². The number of aliphatic hydroxyl groups excluding tert-OH is 1. The fourth-order valence-electron chi connectivity index (χ4n) is 0.986.